The van der Waals surface area contributed by atoms with Crippen molar-refractivity contribution >= 4 is 9.84 Å². The lowest BCUT2D eigenvalue weighted by molar-refractivity contribution is 0.0663. The van der Waals surface area contributed by atoms with Crippen LogP contribution in [0.3, 0.4) is 0 Å². The number of aliphatic hydroxyl groups excluding tert-OH is 1. The molecule has 1 heterocycles. The van der Waals surface area contributed by atoms with E-state index in [4.69, 9.17) is 0 Å². The normalized spacial score (nSPS) is 24.9. The number of benzene rings is 1. The number of rotatable bonds is 2. The first-order chi connectivity index (χ1) is 9.14. The van der Waals surface area contributed by atoms with E-state index in [9.17, 15) is 35.5 Å². The Kier molecular flexibility index (Phi) is 3.63. The maximum Gasteiger partial charge on any atom is 0.207 e. The van der Waals surface area contributed by atoms with Gasteiger partial charge in [0, 0.05) is 0 Å². The Balaban J connectivity index is 2.41. The molecule has 1 aromatic carbocycles. The molecular weight excluding hydrogens is 311 g/mol. The van der Waals surface area contributed by atoms with Crippen molar-refractivity contribution in [3.8, 4) is 5.75 Å². The molecule has 0 amide bonds. The lowest BCUT2D eigenvalue weighted by Crippen LogP contribution is -2.30. The summed E-state index contributed by atoms with van der Waals surface area (Å²) in [6.45, 7) is 0. The highest BCUT2D eigenvalue weighted by Crippen LogP contribution is 2.31. The molecule has 1 aliphatic rings. The van der Waals surface area contributed by atoms with Gasteiger partial charge in [0.25, 0.3) is 0 Å². The zero-order valence-corrected chi connectivity index (χ0v) is 10.4. The van der Waals surface area contributed by atoms with E-state index >= 15 is 0 Å². The topological polar surface area (TPSA) is 63.6 Å². The molecule has 20 heavy (non-hydrogen) atoms. The van der Waals surface area contributed by atoms with Crippen LogP contribution in [0.5, 0.6) is 5.75 Å². The SMILES string of the molecule is O=S1(=O)CC(O)C(Oc2c(F)c(F)c(F)c(F)c2F)C1. The van der Waals surface area contributed by atoms with E-state index in [1.807, 2.05) is 0 Å². The van der Waals surface area contributed by atoms with Gasteiger partial charge in [0.2, 0.25) is 29.1 Å². The molecule has 1 aliphatic heterocycles. The van der Waals surface area contributed by atoms with Crippen molar-refractivity contribution in [2.24, 2.45) is 0 Å². The van der Waals surface area contributed by atoms with Crippen molar-refractivity contribution in [2.75, 3.05) is 11.5 Å². The first-order valence-corrected chi connectivity index (χ1v) is 7.02. The van der Waals surface area contributed by atoms with E-state index in [1.54, 1.807) is 0 Å². The largest absolute Gasteiger partial charge is 0.480 e. The van der Waals surface area contributed by atoms with Crippen LogP contribution in [0, 0.1) is 29.1 Å². The van der Waals surface area contributed by atoms with Gasteiger partial charge in [-0.3, -0.25) is 0 Å². The second kappa shape index (κ2) is 4.85. The Labute approximate surface area is 109 Å². The summed E-state index contributed by atoms with van der Waals surface area (Å²) in [5, 5.41) is 9.35. The molecule has 2 atom stereocenters. The average Bonchev–Trinajstić information content (AvgIpc) is 2.62. The molecule has 0 bridgehead atoms. The van der Waals surface area contributed by atoms with Crippen LogP contribution in [-0.2, 0) is 9.84 Å². The molecule has 0 aromatic heterocycles. The van der Waals surface area contributed by atoms with E-state index in [0.717, 1.165) is 0 Å². The summed E-state index contributed by atoms with van der Waals surface area (Å²) in [6.07, 6.45) is -3.22. The Morgan fingerprint density at radius 3 is 1.75 bits per heavy atom. The van der Waals surface area contributed by atoms with Crippen LogP contribution in [0.25, 0.3) is 0 Å². The molecule has 10 heteroatoms. The number of hydrogen-bond donors (Lipinski definition) is 1. The second-order valence-corrected chi connectivity index (χ2v) is 6.35. The predicted octanol–water partition coefficient (Wildman–Crippen LogP) is 0.919. The zero-order chi connectivity index (χ0) is 15.2. The highest BCUT2D eigenvalue weighted by atomic mass is 32.2. The first-order valence-electron chi connectivity index (χ1n) is 5.20. The molecule has 0 radical (unpaired) electrons. The minimum absolute atomic E-state index is 0.715. The highest BCUT2D eigenvalue weighted by molar-refractivity contribution is 7.91. The van der Waals surface area contributed by atoms with Crippen LogP contribution in [0.4, 0.5) is 22.0 Å². The quantitative estimate of drug-likeness (QED) is 0.500. The summed E-state index contributed by atoms with van der Waals surface area (Å²) in [6, 6.07) is 0. The van der Waals surface area contributed by atoms with Gasteiger partial charge in [-0.2, -0.15) is 8.78 Å². The van der Waals surface area contributed by atoms with Gasteiger partial charge in [0.15, 0.2) is 15.6 Å². The molecule has 0 spiro atoms. The van der Waals surface area contributed by atoms with E-state index < -0.39 is 68.4 Å². The van der Waals surface area contributed by atoms with Gasteiger partial charge in [-0.05, 0) is 0 Å². The number of ether oxygens (including phenoxy) is 1. The molecule has 4 nitrogen and oxygen atoms in total. The van der Waals surface area contributed by atoms with Crippen molar-refractivity contribution in [1.29, 1.82) is 0 Å². The molecule has 2 rings (SSSR count). The van der Waals surface area contributed by atoms with E-state index in [1.165, 1.54) is 0 Å². The molecule has 1 aromatic rings. The Bertz CT molecular complexity index is 631. The fraction of sp³-hybridized carbons (Fsp3) is 0.400. The molecule has 1 fully saturated rings. The number of halogens is 5. The van der Waals surface area contributed by atoms with Gasteiger partial charge in [-0.25, -0.2) is 21.6 Å². The van der Waals surface area contributed by atoms with Crippen LogP contribution in [0.1, 0.15) is 0 Å². The molecule has 0 aliphatic carbocycles. The molecular formula is C10H7F5O4S. The smallest absolute Gasteiger partial charge is 0.207 e. The summed E-state index contributed by atoms with van der Waals surface area (Å²) >= 11 is 0. The van der Waals surface area contributed by atoms with Gasteiger partial charge >= 0.3 is 0 Å². The maximum atomic E-state index is 13.3. The summed E-state index contributed by atoms with van der Waals surface area (Å²) in [7, 11) is -3.70. The fourth-order valence-electron chi connectivity index (χ4n) is 1.75. The number of aliphatic hydroxyl groups is 1. The molecule has 0 saturated carbocycles. The van der Waals surface area contributed by atoms with Gasteiger partial charge < -0.3 is 9.84 Å². The summed E-state index contributed by atoms with van der Waals surface area (Å²) in [5.41, 5.74) is 0. The van der Waals surface area contributed by atoms with Gasteiger partial charge in [-0.15, -0.1) is 0 Å². The molecule has 112 valence electrons. The Hall–Kier alpha value is -1.42. The average molecular weight is 318 g/mol. The third-order valence-corrected chi connectivity index (χ3v) is 4.40. The third-order valence-electron chi connectivity index (χ3n) is 2.71. The summed E-state index contributed by atoms with van der Waals surface area (Å²) in [4.78, 5) is 0. The van der Waals surface area contributed by atoms with Crippen molar-refractivity contribution in [1.82, 2.24) is 0 Å². The van der Waals surface area contributed by atoms with Crippen molar-refractivity contribution in [3.05, 3.63) is 29.1 Å². The number of hydrogen-bond acceptors (Lipinski definition) is 4. The fourth-order valence-corrected chi connectivity index (χ4v) is 3.41. The monoisotopic (exact) mass is 318 g/mol. The lowest BCUT2D eigenvalue weighted by Gasteiger charge is -2.17. The van der Waals surface area contributed by atoms with E-state index in [2.05, 4.69) is 4.74 Å². The van der Waals surface area contributed by atoms with Gasteiger partial charge in [0.05, 0.1) is 11.5 Å². The Morgan fingerprint density at radius 1 is 0.900 bits per heavy atom. The molecule has 2 unspecified atom stereocenters. The van der Waals surface area contributed by atoms with Gasteiger partial charge in [-0.1, -0.05) is 0 Å². The third kappa shape index (κ3) is 2.44. The second-order valence-electron chi connectivity index (χ2n) is 4.20. The zero-order valence-electron chi connectivity index (χ0n) is 9.54. The summed E-state index contributed by atoms with van der Waals surface area (Å²) in [5.74, 6) is -14.3. The molecule has 1 N–H and O–H groups in total. The van der Waals surface area contributed by atoms with E-state index in [0.29, 0.717) is 0 Å². The van der Waals surface area contributed by atoms with Crippen LogP contribution in [0.2, 0.25) is 0 Å². The Morgan fingerprint density at radius 2 is 1.35 bits per heavy atom. The van der Waals surface area contributed by atoms with Crippen molar-refractivity contribution in [2.45, 2.75) is 12.2 Å². The maximum absolute atomic E-state index is 13.3. The first kappa shape index (κ1) is 15.0. The van der Waals surface area contributed by atoms with Crippen molar-refractivity contribution in [3.63, 3.8) is 0 Å². The summed E-state index contributed by atoms with van der Waals surface area (Å²) < 4.78 is 92.0. The van der Waals surface area contributed by atoms with Crippen LogP contribution < -0.4 is 4.74 Å². The van der Waals surface area contributed by atoms with Crippen molar-refractivity contribution < 1.29 is 40.2 Å². The lowest BCUT2D eigenvalue weighted by atomic mass is 10.2. The highest BCUT2D eigenvalue weighted by Gasteiger charge is 2.40. The molecule has 1 saturated heterocycles. The van der Waals surface area contributed by atoms with Crippen LogP contribution in [0.15, 0.2) is 0 Å². The number of sulfone groups is 1. The van der Waals surface area contributed by atoms with Gasteiger partial charge in [0.1, 0.15) is 12.2 Å². The standard InChI is InChI=1S/C10H7F5O4S/c11-5-6(12)8(14)10(9(15)7(5)13)19-4-2-20(17,18)1-3(4)16/h3-4,16H,1-2H2. The minimum atomic E-state index is -3.70. The van der Waals surface area contributed by atoms with E-state index in [-0.39, 0.29) is 0 Å². The minimum Gasteiger partial charge on any atom is -0.480 e. The predicted molar refractivity (Wildman–Crippen MR) is 55.3 cm³/mol. The van der Waals surface area contributed by atoms with Crippen LogP contribution >= 0.6 is 0 Å². The van der Waals surface area contributed by atoms with Crippen LogP contribution in [-0.4, -0.2) is 37.2 Å².